The second kappa shape index (κ2) is 4.97. The molecule has 0 spiro atoms. The summed E-state index contributed by atoms with van der Waals surface area (Å²) in [4.78, 5) is 27.7. The summed E-state index contributed by atoms with van der Waals surface area (Å²) in [5.74, 6) is 2.49. The minimum Gasteiger partial charge on any atom is -0.356 e. The highest BCUT2D eigenvalue weighted by atomic mass is 16.2. The molecule has 0 bridgehead atoms. The highest BCUT2D eigenvalue weighted by molar-refractivity contribution is 5.87. The molecule has 0 radical (unpaired) electrons. The topological polar surface area (TPSA) is 65.1 Å². The van der Waals surface area contributed by atoms with Crippen LogP contribution in [0.15, 0.2) is 18.6 Å². The van der Waals surface area contributed by atoms with Gasteiger partial charge in [0.05, 0.1) is 5.39 Å². The van der Waals surface area contributed by atoms with Crippen molar-refractivity contribution in [2.45, 2.75) is 25.8 Å². The van der Waals surface area contributed by atoms with Gasteiger partial charge in [-0.05, 0) is 30.7 Å². The summed E-state index contributed by atoms with van der Waals surface area (Å²) in [6, 6.07) is 2.53. The third-order valence-electron chi connectivity index (χ3n) is 5.39. The number of aromatic amines is 1. The van der Waals surface area contributed by atoms with Crippen molar-refractivity contribution in [3.8, 4) is 0 Å². The van der Waals surface area contributed by atoms with Gasteiger partial charge < -0.3 is 14.8 Å². The molecule has 1 aliphatic carbocycles. The van der Waals surface area contributed by atoms with Crippen molar-refractivity contribution >= 4 is 22.8 Å². The van der Waals surface area contributed by atoms with Crippen LogP contribution in [0.1, 0.15) is 19.8 Å². The van der Waals surface area contributed by atoms with Crippen molar-refractivity contribution in [2.75, 3.05) is 25.0 Å². The van der Waals surface area contributed by atoms with Gasteiger partial charge >= 0.3 is 0 Å². The van der Waals surface area contributed by atoms with E-state index in [2.05, 4.69) is 26.9 Å². The van der Waals surface area contributed by atoms with E-state index < -0.39 is 0 Å². The zero-order chi connectivity index (χ0) is 15.3. The van der Waals surface area contributed by atoms with Gasteiger partial charge in [-0.3, -0.25) is 4.79 Å². The van der Waals surface area contributed by atoms with E-state index in [0.717, 1.165) is 42.8 Å². The zero-order valence-corrected chi connectivity index (χ0v) is 13.0. The minimum absolute atomic E-state index is 0.212. The SMILES string of the molecule is CC(=O)N1CC2CC(N(C)c3ncnc4[nH]ccc34)CC2C1. The Kier molecular flexibility index (Phi) is 3.06. The second-order valence-electron chi connectivity index (χ2n) is 6.62. The molecule has 4 rings (SSSR count). The Bertz CT molecular complexity index is 697. The van der Waals surface area contributed by atoms with Crippen LogP contribution in [0.25, 0.3) is 11.0 Å². The maximum Gasteiger partial charge on any atom is 0.219 e. The number of carbonyl (C=O) groups is 1. The summed E-state index contributed by atoms with van der Waals surface area (Å²) in [5, 5.41) is 1.08. The van der Waals surface area contributed by atoms with Crippen molar-refractivity contribution in [3.63, 3.8) is 0 Å². The van der Waals surface area contributed by atoms with Crippen molar-refractivity contribution < 1.29 is 4.79 Å². The van der Waals surface area contributed by atoms with Gasteiger partial charge in [-0.2, -0.15) is 0 Å². The quantitative estimate of drug-likeness (QED) is 0.916. The predicted molar refractivity (Wildman–Crippen MR) is 84.5 cm³/mol. The molecule has 116 valence electrons. The first-order valence-corrected chi connectivity index (χ1v) is 7.90. The molecule has 0 aromatic carbocycles. The van der Waals surface area contributed by atoms with Crippen LogP contribution in [0, 0.1) is 11.8 Å². The molecular weight excluding hydrogens is 278 g/mol. The summed E-state index contributed by atoms with van der Waals surface area (Å²) in [7, 11) is 2.13. The Labute approximate surface area is 129 Å². The lowest BCUT2D eigenvalue weighted by molar-refractivity contribution is -0.128. The fourth-order valence-electron chi connectivity index (χ4n) is 4.15. The fourth-order valence-corrected chi connectivity index (χ4v) is 4.15. The molecule has 1 saturated carbocycles. The number of likely N-dealkylation sites (tertiary alicyclic amines) is 1. The number of H-pyrrole nitrogens is 1. The predicted octanol–water partition coefficient (Wildman–Crippen LogP) is 1.65. The molecule has 2 aliphatic rings. The summed E-state index contributed by atoms with van der Waals surface area (Å²) >= 11 is 0. The van der Waals surface area contributed by atoms with Gasteiger partial charge in [0.25, 0.3) is 0 Å². The van der Waals surface area contributed by atoms with E-state index >= 15 is 0 Å². The van der Waals surface area contributed by atoms with Crippen LogP contribution < -0.4 is 4.90 Å². The number of amides is 1. The highest BCUT2D eigenvalue weighted by Crippen LogP contribution is 2.41. The molecule has 2 atom stereocenters. The maximum absolute atomic E-state index is 11.5. The van der Waals surface area contributed by atoms with Crippen LogP contribution in [0.2, 0.25) is 0 Å². The summed E-state index contributed by atoms with van der Waals surface area (Å²) < 4.78 is 0. The molecule has 22 heavy (non-hydrogen) atoms. The van der Waals surface area contributed by atoms with Crippen LogP contribution in [0.3, 0.4) is 0 Å². The maximum atomic E-state index is 11.5. The molecule has 1 amide bonds. The first kappa shape index (κ1) is 13.5. The normalized spacial score (nSPS) is 27.4. The Morgan fingerprint density at radius 1 is 1.32 bits per heavy atom. The molecule has 6 heteroatoms. The van der Waals surface area contributed by atoms with Gasteiger partial charge in [-0.1, -0.05) is 0 Å². The monoisotopic (exact) mass is 299 g/mol. The van der Waals surface area contributed by atoms with E-state index in [-0.39, 0.29) is 5.91 Å². The lowest BCUT2D eigenvalue weighted by Gasteiger charge is -2.27. The third kappa shape index (κ3) is 2.05. The van der Waals surface area contributed by atoms with E-state index in [4.69, 9.17) is 0 Å². The minimum atomic E-state index is 0.212. The Hall–Kier alpha value is -2.11. The van der Waals surface area contributed by atoms with Crippen molar-refractivity contribution in [1.29, 1.82) is 0 Å². The number of fused-ring (bicyclic) bond motifs is 2. The molecule has 2 unspecified atom stereocenters. The number of aromatic nitrogens is 3. The van der Waals surface area contributed by atoms with Crippen LogP contribution >= 0.6 is 0 Å². The molecule has 1 saturated heterocycles. The van der Waals surface area contributed by atoms with Crippen LogP contribution in [-0.2, 0) is 4.79 Å². The number of rotatable bonds is 2. The van der Waals surface area contributed by atoms with E-state index in [1.165, 1.54) is 0 Å². The largest absolute Gasteiger partial charge is 0.356 e. The van der Waals surface area contributed by atoms with Gasteiger partial charge in [0, 0.05) is 39.3 Å². The molecule has 1 aliphatic heterocycles. The standard InChI is InChI=1S/C16H21N5O/c1-10(22)21-7-11-5-13(6-12(11)8-21)20(2)16-14-3-4-17-15(14)18-9-19-16/h3-4,9,11-13H,5-8H2,1-2H3,(H,17,18,19). The number of nitrogens with one attached hydrogen (secondary N) is 1. The molecule has 3 heterocycles. The van der Waals surface area contributed by atoms with E-state index in [1.54, 1.807) is 13.3 Å². The van der Waals surface area contributed by atoms with Gasteiger partial charge in [0.2, 0.25) is 5.91 Å². The summed E-state index contributed by atoms with van der Waals surface area (Å²) in [6.07, 6.45) is 5.81. The summed E-state index contributed by atoms with van der Waals surface area (Å²) in [5.41, 5.74) is 0.887. The second-order valence-corrected chi connectivity index (χ2v) is 6.62. The van der Waals surface area contributed by atoms with Gasteiger partial charge in [-0.25, -0.2) is 9.97 Å². The van der Waals surface area contributed by atoms with E-state index in [9.17, 15) is 4.79 Å². The Balaban J connectivity index is 1.53. The smallest absolute Gasteiger partial charge is 0.219 e. The van der Waals surface area contributed by atoms with Gasteiger partial charge in [0.15, 0.2) is 0 Å². The van der Waals surface area contributed by atoms with Gasteiger partial charge in [0.1, 0.15) is 17.8 Å². The van der Waals surface area contributed by atoms with E-state index in [0.29, 0.717) is 17.9 Å². The average Bonchev–Trinajstić information content (AvgIpc) is 3.18. The zero-order valence-electron chi connectivity index (χ0n) is 13.0. The number of hydrogen-bond acceptors (Lipinski definition) is 4. The number of hydrogen-bond donors (Lipinski definition) is 1. The first-order valence-electron chi connectivity index (χ1n) is 7.90. The molecule has 1 N–H and O–H groups in total. The van der Waals surface area contributed by atoms with Crippen LogP contribution in [0.4, 0.5) is 5.82 Å². The molecule has 6 nitrogen and oxygen atoms in total. The van der Waals surface area contributed by atoms with Crippen LogP contribution in [-0.4, -0.2) is 51.9 Å². The number of carbonyl (C=O) groups excluding carboxylic acids is 1. The van der Waals surface area contributed by atoms with Gasteiger partial charge in [-0.15, -0.1) is 0 Å². The molecule has 2 fully saturated rings. The van der Waals surface area contributed by atoms with Crippen molar-refractivity contribution in [3.05, 3.63) is 18.6 Å². The Morgan fingerprint density at radius 3 is 2.73 bits per heavy atom. The first-order chi connectivity index (χ1) is 10.6. The third-order valence-corrected chi connectivity index (χ3v) is 5.39. The van der Waals surface area contributed by atoms with Crippen molar-refractivity contribution in [1.82, 2.24) is 19.9 Å². The lowest BCUT2D eigenvalue weighted by Crippen LogP contribution is -2.33. The Morgan fingerprint density at radius 2 is 2.05 bits per heavy atom. The van der Waals surface area contributed by atoms with E-state index in [1.807, 2.05) is 17.2 Å². The molecule has 2 aromatic rings. The van der Waals surface area contributed by atoms with Crippen LogP contribution in [0.5, 0.6) is 0 Å². The van der Waals surface area contributed by atoms with Crippen molar-refractivity contribution in [2.24, 2.45) is 11.8 Å². The molecule has 2 aromatic heterocycles. The lowest BCUT2D eigenvalue weighted by atomic mass is 10.0. The molecular formula is C16H21N5O. The summed E-state index contributed by atoms with van der Waals surface area (Å²) in [6.45, 7) is 3.52. The highest BCUT2D eigenvalue weighted by Gasteiger charge is 2.43. The fraction of sp³-hybridized carbons (Fsp3) is 0.562. The number of nitrogens with zero attached hydrogens (tertiary/aromatic N) is 4. The average molecular weight is 299 g/mol. The number of anilines is 1.